The highest BCUT2D eigenvalue weighted by atomic mass is 16.6. The number of fused-ring (bicyclic) bond motifs is 9. The van der Waals surface area contributed by atoms with Gasteiger partial charge in [0.15, 0.2) is 0 Å². The maximum absolute atomic E-state index is 13.6. The van der Waals surface area contributed by atoms with Crippen molar-refractivity contribution in [2.75, 3.05) is 13.1 Å². The van der Waals surface area contributed by atoms with Crippen molar-refractivity contribution < 1.29 is 19.1 Å². The van der Waals surface area contributed by atoms with Crippen molar-refractivity contribution in [2.45, 2.75) is 70.6 Å². The van der Waals surface area contributed by atoms with Crippen LogP contribution in [-0.4, -0.2) is 51.1 Å². The minimum atomic E-state index is -0.353. The van der Waals surface area contributed by atoms with Crippen molar-refractivity contribution in [3.05, 3.63) is 59.7 Å². The van der Waals surface area contributed by atoms with E-state index in [-0.39, 0.29) is 24.0 Å². The summed E-state index contributed by atoms with van der Waals surface area (Å²) in [7, 11) is 0. The maximum atomic E-state index is 13.6. The van der Waals surface area contributed by atoms with Gasteiger partial charge >= 0.3 is 6.09 Å². The molecule has 224 valence electrons. The van der Waals surface area contributed by atoms with Crippen molar-refractivity contribution in [1.82, 2.24) is 19.4 Å². The molecular formula is C36H36N4O4. The molecule has 2 fully saturated rings. The Balaban J connectivity index is 1.13. The van der Waals surface area contributed by atoms with Gasteiger partial charge < -0.3 is 18.8 Å². The predicted octanol–water partition coefficient (Wildman–Crippen LogP) is 6.99. The fourth-order valence-electron chi connectivity index (χ4n) is 9.00. The normalized spacial score (nSPS) is 21.4. The van der Waals surface area contributed by atoms with Gasteiger partial charge in [-0.2, -0.15) is 0 Å². The first-order valence-corrected chi connectivity index (χ1v) is 16.4. The SMILES string of the molecule is O=C1NC(=O)c2c1c1c3ccccc3n3c1c1c2c2ccccc2n1CC(OC(=O)N1CCC(C2CCCCC2)CC1)CC3. The highest BCUT2D eigenvalue weighted by Gasteiger charge is 2.38. The van der Waals surface area contributed by atoms with Crippen LogP contribution in [0.25, 0.3) is 43.6 Å². The van der Waals surface area contributed by atoms with Gasteiger partial charge in [0.2, 0.25) is 0 Å². The number of nitrogens with zero attached hydrogens (tertiary/aromatic N) is 3. The topological polar surface area (TPSA) is 85.6 Å². The molecule has 8 heteroatoms. The Labute approximate surface area is 254 Å². The lowest BCUT2D eigenvalue weighted by molar-refractivity contribution is 0.0365. The molecule has 1 saturated heterocycles. The summed E-state index contributed by atoms with van der Waals surface area (Å²) >= 11 is 0. The molecule has 1 unspecified atom stereocenters. The summed E-state index contributed by atoms with van der Waals surface area (Å²) in [5.74, 6) is 0.858. The van der Waals surface area contributed by atoms with Crippen molar-refractivity contribution in [3.63, 3.8) is 0 Å². The first-order valence-electron chi connectivity index (χ1n) is 16.4. The van der Waals surface area contributed by atoms with Crippen LogP contribution in [0.1, 0.15) is 72.1 Å². The second kappa shape index (κ2) is 9.84. The van der Waals surface area contributed by atoms with Crippen LogP contribution >= 0.6 is 0 Å². The van der Waals surface area contributed by atoms with Gasteiger partial charge in [0.1, 0.15) is 6.10 Å². The van der Waals surface area contributed by atoms with Crippen LogP contribution in [0.2, 0.25) is 0 Å². The number of hydrogen-bond acceptors (Lipinski definition) is 4. The van der Waals surface area contributed by atoms with Gasteiger partial charge in [-0.15, -0.1) is 0 Å². The molecule has 2 aromatic heterocycles. The first-order chi connectivity index (χ1) is 21.6. The highest BCUT2D eigenvalue weighted by molar-refractivity contribution is 6.39. The third-order valence-electron chi connectivity index (χ3n) is 11.0. The lowest BCUT2D eigenvalue weighted by Crippen LogP contribution is -2.42. The predicted molar refractivity (Wildman–Crippen MR) is 170 cm³/mol. The molecule has 3 aliphatic heterocycles. The average Bonchev–Trinajstić information content (AvgIpc) is 3.65. The number of nitrogens with one attached hydrogen (secondary N) is 1. The molecule has 4 aliphatic rings. The van der Waals surface area contributed by atoms with E-state index in [1.165, 1.54) is 32.1 Å². The van der Waals surface area contributed by atoms with Gasteiger partial charge in [-0.05, 0) is 36.8 Å². The lowest BCUT2D eigenvalue weighted by atomic mass is 9.76. The van der Waals surface area contributed by atoms with Crippen molar-refractivity contribution in [3.8, 4) is 0 Å². The lowest BCUT2D eigenvalue weighted by Gasteiger charge is -2.37. The number of aromatic nitrogens is 2. The van der Waals surface area contributed by atoms with Crippen LogP contribution in [-0.2, 0) is 17.8 Å². The molecular weight excluding hydrogens is 552 g/mol. The Hall–Kier alpha value is -4.33. The Kier molecular flexibility index (Phi) is 5.84. The summed E-state index contributed by atoms with van der Waals surface area (Å²) in [4.78, 5) is 42.3. The fraction of sp³-hybridized carbons (Fsp3) is 0.417. The van der Waals surface area contributed by atoms with E-state index in [9.17, 15) is 14.4 Å². The summed E-state index contributed by atoms with van der Waals surface area (Å²) in [6, 6.07) is 16.2. The third-order valence-corrected chi connectivity index (χ3v) is 11.0. The number of carbonyl (C=O) groups excluding carboxylic acids is 3. The molecule has 1 atom stereocenters. The summed E-state index contributed by atoms with van der Waals surface area (Å²) in [6.07, 6.45) is 8.99. The van der Waals surface area contributed by atoms with Gasteiger partial charge in [-0.3, -0.25) is 14.9 Å². The number of aryl methyl sites for hydroxylation is 1. The van der Waals surface area contributed by atoms with Crippen LogP contribution < -0.4 is 5.32 Å². The number of ether oxygens (including phenoxy) is 1. The largest absolute Gasteiger partial charge is 0.444 e. The van der Waals surface area contributed by atoms with E-state index in [4.69, 9.17) is 4.74 Å². The average molecular weight is 589 g/mol. The zero-order chi connectivity index (χ0) is 29.5. The third kappa shape index (κ3) is 3.72. The Bertz CT molecular complexity index is 2020. The Morgan fingerprint density at radius 3 is 1.91 bits per heavy atom. The summed E-state index contributed by atoms with van der Waals surface area (Å²) < 4.78 is 10.8. The monoisotopic (exact) mass is 588 g/mol. The maximum Gasteiger partial charge on any atom is 0.410 e. The Morgan fingerprint density at radius 2 is 1.25 bits per heavy atom. The first kappa shape index (κ1) is 26.1. The van der Waals surface area contributed by atoms with Gasteiger partial charge in [0.25, 0.3) is 11.8 Å². The number of rotatable bonds is 2. The number of carbonyl (C=O) groups is 3. The molecule has 8 nitrogen and oxygen atoms in total. The van der Waals surface area contributed by atoms with Gasteiger partial charge in [0.05, 0.1) is 28.7 Å². The van der Waals surface area contributed by atoms with Crippen LogP contribution in [0.3, 0.4) is 0 Å². The zero-order valence-electron chi connectivity index (χ0n) is 24.8. The summed E-state index contributed by atoms with van der Waals surface area (Å²) in [6.45, 7) is 2.66. The fourth-order valence-corrected chi connectivity index (χ4v) is 9.00. The number of hydrogen-bond donors (Lipinski definition) is 1. The minimum Gasteiger partial charge on any atom is -0.444 e. The molecule has 1 saturated carbocycles. The molecule has 0 radical (unpaired) electrons. The van der Waals surface area contributed by atoms with E-state index >= 15 is 0 Å². The molecule has 5 aromatic rings. The van der Waals surface area contributed by atoms with Crippen LogP contribution in [0.5, 0.6) is 0 Å². The van der Waals surface area contributed by atoms with E-state index in [1.807, 2.05) is 41.3 Å². The molecule has 44 heavy (non-hydrogen) atoms. The molecule has 1 aliphatic carbocycles. The van der Waals surface area contributed by atoms with Crippen LogP contribution in [0, 0.1) is 11.8 Å². The molecule has 1 N–H and O–H groups in total. The number of piperidine rings is 1. The quantitative estimate of drug-likeness (QED) is 0.225. The second-order valence-corrected chi connectivity index (χ2v) is 13.3. The molecule has 0 spiro atoms. The van der Waals surface area contributed by atoms with Crippen molar-refractivity contribution >= 4 is 61.5 Å². The molecule has 3 aromatic carbocycles. The van der Waals surface area contributed by atoms with Gasteiger partial charge in [0, 0.05) is 58.6 Å². The zero-order valence-corrected chi connectivity index (χ0v) is 24.8. The van der Waals surface area contributed by atoms with Crippen molar-refractivity contribution in [2.24, 2.45) is 11.8 Å². The van der Waals surface area contributed by atoms with Gasteiger partial charge in [-0.25, -0.2) is 4.79 Å². The standard InChI is InChI=1S/C36H36N4O4/c41-34-30-28-24-10-4-6-12-26(24)39-19-16-23(44-36(43)38-17-14-22(15-18-38)21-8-2-1-3-9-21)20-40-27-13-7-5-11-25(27)29(33(40)32(28)39)31(30)35(42)37-34/h4-7,10-13,21-23H,1-3,8-9,14-20H2,(H,37,41,42). The number of benzene rings is 3. The van der Waals surface area contributed by atoms with E-state index in [0.717, 1.165) is 81.4 Å². The highest BCUT2D eigenvalue weighted by Crippen LogP contribution is 2.46. The van der Waals surface area contributed by atoms with E-state index in [1.54, 1.807) is 0 Å². The number of imide groups is 1. The van der Waals surface area contributed by atoms with Crippen LogP contribution in [0.4, 0.5) is 4.79 Å². The smallest absolute Gasteiger partial charge is 0.410 e. The number of likely N-dealkylation sites (tertiary alicyclic amines) is 1. The van der Waals surface area contributed by atoms with E-state index in [0.29, 0.717) is 30.6 Å². The molecule has 3 amide bonds. The summed E-state index contributed by atoms with van der Waals surface area (Å²) in [5, 5.41) is 6.10. The van der Waals surface area contributed by atoms with E-state index in [2.05, 4.69) is 26.6 Å². The Morgan fingerprint density at radius 1 is 0.682 bits per heavy atom. The minimum absolute atomic E-state index is 0.216. The second-order valence-electron chi connectivity index (χ2n) is 13.3. The summed E-state index contributed by atoms with van der Waals surface area (Å²) in [5.41, 5.74) is 4.79. The molecule has 9 rings (SSSR count). The van der Waals surface area contributed by atoms with Crippen molar-refractivity contribution in [1.29, 1.82) is 0 Å². The van der Waals surface area contributed by atoms with Gasteiger partial charge in [-0.1, -0.05) is 68.5 Å². The molecule has 0 bridgehead atoms. The molecule has 5 heterocycles. The van der Waals surface area contributed by atoms with Crippen LogP contribution in [0.15, 0.2) is 48.5 Å². The number of para-hydroxylation sites is 2. The number of amides is 3. The van der Waals surface area contributed by atoms with E-state index < -0.39 is 0 Å².